The maximum Gasteiger partial charge on any atom is 0.346 e. The third-order valence-corrected chi connectivity index (χ3v) is 4.91. The van der Waals surface area contributed by atoms with Crippen molar-refractivity contribution in [3.05, 3.63) is 71.2 Å². The molecule has 0 aromatic heterocycles. The Morgan fingerprint density at radius 3 is 2.59 bits per heavy atom. The Kier molecular flexibility index (Phi) is 12.8. The summed E-state index contributed by atoms with van der Waals surface area (Å²) in [6, 6.07) is 3.33. The summed E-state index contributed by atoms with van der Waals surface area (Å²) < 4.78 is 23.1. The van der Waals surface area contributed by atoms with Crippen molar-refractivity contribution in [1.29, 1.82) is 0 Å². The number of carbonyl (C=O) groups is 1. The minimum absolute atomic E-state index is 0.0126. The molecular weight excluding hydrogens is 432 g/mol. The Morgan fingerprint density at radius 1 is 1.29 bits per heavy atom. The van der Waals surface area contributed by atoms with Crippen LogP contribution in [0.25, 0.3) is 0 Å². The number of rotatable bonds is 11. The number of benzene rings is 1. The number of aliphatic hydroxyl groups excluding tert-OH is 1. The number of ether oxygens (including phenoxy) is 4. The molecule has 34 heavy (non-hydrogen) atoms. The van der Waals surface area contributed by atoms with Crippen LogP contribution in [0.3, 0.4) is 0 Å². The number of hydrogen-bond donors (Lipinski definition) is 1. The second kappa shape index (κ2) is 15.0. The zero-order valence-corrected chi connectivity index (χ0v) is 21.5. The summed E-state index contributed by atoms with van der Waals surface area (Å²) >= 11 is 0. The van der Waals surface area contributed by atoms with E-state index in [4.69, 9.17) is 18.9 Å². The third kappa shape index (κ3) is 7.80. The molecule has 6 nitrogen and oxygen atoms in total. The number of carbonyl (C=O) groups excluding carboxylic acids is 1. The molecule has 0 spiro atoms. The first kappa shape index (κ1) is 29.0. The zero-order valence-electron chi connectivity index (χ0n) is 21.5. The molecule has 188 valence electrons. The first-order chi connectivity index (χ1) is 16.3. The Morgan fingerprint density at radius 2 is 2.00 bits per heavy atom. The van der Waals surface area contributed by atoms with Gasteiger partial charge in [0.05, 0.1) is 19.8 Å². The highest BCUT2D eigenvalue weighted by atomic mass is 16.6. The van der Waals surface area contributed by atoms with Gasteiger partial charge in [-0.2, -0.15) is 0 Å². The van der Waals surface area contributed by atoms with Gasteiger partial charge in [0.1, 0.15) is 23.7 Å². The van der Waals surface area contributed by atoms with E-state index in [1.807, 2.05) is 33.8 Å². The van der Waals surface area contributed by atoms with E-state index >= 15 is 0 Å². The van der Waals surface area contributed by atoms with Crippen LogP contribution in [0.1, 0.15) is 82.3 Å². The summed E-state index contributed by atoms with van der Waals surface area (Å²) in [5.41, 5.74) is 2.28. The van der Waals surface area contributed by atoms with Gasteiger partial charge in [-0.1, -0.05) is 51.5 Å². The lowest BCUT2D eigenvalue weighted by atomic mass is 9.99. The average molecular weight is 473 g/mol. The summed E-state index contributed by atoms with van der Waals surface area (Å²) in [6.07, 6.45) is 5.73. The van der Waals surface area contributed by atoms with Crippen molar-refractivity contribution in [2.75, 3.05) is 20.3 Å². The molecule has 1 heterocycles. The van der Waals surface area contributed by atoms with Crippen molar-refractivity contribution in [1.82, 2.24) is 0 Å². The van der Waals surface area contributed by atoms with Gasteiger partial charge >= 0.3 is 5.97 Å². The van der Waals surface area contributed by atoms with Crippen molar-refractivity contribution < 1.29 is 28.8 Å². The quantitative estimate of drug-likeness (QED) is 0.165. The predicted molar refractivity (Wildman–Crippen MR) is 136 cm³/mol. The average Bonchev–Trinajstić information content (AvgIpc) is 2.83. The van der Waals surface area contributed by atoms with E-state index in [-0.39, 0.29) is 23.7 Å². The summed E-state index contributed by atoms with van der Waals surface area (Å²) in [7, 11) is 1.45. The molecule has 1 aliphatic heterocycles. The fraction of sp³-hybridized carbons (Fsp3) is 0.464. The van der Waals surface area contributed by atoms with Gasteiger partial charge in [-0.3, -0.25) is 0 Å². The van der Waals surface area contributed by atoms with Crippen LogP contribution >= 0.6 is 0 Å². The molecule has 1 N–H and O–H groups in total. The van der Waals surface area contributed by atoms with Crippen LogP contribution in [0.15, 0.2) is 60.1 Å². The van der Waals surface area contributed by atoms with E-state index < -0.39 is 12.1 Å². The van der Waals surface area contributed by atoms with E-state index in [0.29, 0.717) is 42.1 Å². The summed E-state index contributed by atoms with van der Waals surface area (Å²) in [6.45, 7) is 18.2. The first-order valence-electron chi connectivity index (χ1n) is 11.9. The van der Waals surface area contributed by atoms with Crippen molar-refractivity contribution in [3.63, 3.8) is 0 Å². The Balaban J connectivity index is 0.00000281. The molecule has 0 saturated heterocycles. The van der Waals surface area contributed by atoms with Gasteiger partial charge in [-0.05, 0) is 45.2 Å². The molecule has 1 aromatic rings. The molecule has 1 aromatic carbocycles. The number of unbranched alkanes of at least 4 members (excludes halogenated alkanes) is 1. The number of methoxy groups -OCH3 is 1. The molecule has 0 amide bonds. The van der Waals surface area contributed by atoms with Crippen LogP contribution in [0.5, 0.6) is 11.5 Å². The second-order valence-electron chi connectivity index (χ2n) is 7.82. The highest BCUT2D eigenvalue weighted by molar-refractivity contribution is 5.96. The molecule has 1 aliphatic rings. The summed E-state index contributed by atoms with van der Waals surface area (Å²) in [5, 5.41) is 10.6. The number of allylic oxidation sites excluding steroid dienone is 2. The normalized spacial score (nSPS) is 15.7. The number of cyclic esters (lactones) is 1. The van der Waals surface area contributed by atoms with Gasteiger partial charge in [0.25, 0.3) is 0 Å². The Bertz CT molecular complexity index is 906. The van der Waals surface area contributed by atoms with E-state index in [2.05, 4.69) is 20.1 Å². The Hall–Kier alpha value is -2.99. The molecular formula is C28H40O6. The number of hydrogen-bond acceptors (Lipinski definition) is 6. The molecule has 0 radical (unpaired) electrons. The maximum atomic E-state index is 13.0. The first-order valence-corrected chi connectivity index (χ1v) is 11.9. The lowest BCUT2D eigenvalue weighted by Gasteiger charge is -2.24. The van der Waals surface area contributed by atoms with Crippen molar-refractivity contribution in [2.45, 2.75) is 66.4 Å². The molecule has 2 rings (SSSR count). The standard InChI is InChI=1S/C26H34O6.C2H6/c1-7-9-11-21(27)20-12-13-22-23(25(20)29-6)26(28)31-16-19(15-17(3)4)24(32-22)18(5)30-14-10-8-2;1-2/h7,12-13,15,21,27H,1,5,8-11,14,16H2,2-4,6H3;1-2H3/b24-19-;. The zero-order chi connectivity index (χ0) is 25.7. The fourth-order valence-electron chi connectivity index (χ4n) is 3.33. The highest BCUT2D eigenvalue weighted by Crippen LogP contribution is 2.40. The van der Waals surface area contributed by atoms with E-state index in [1.165, 1.54) is 7.11 Å². The SMILES string of the molecule is C=CCCC(O)c1ccc2c(c1OC)C(=O)OC/C(C=C(C)C)=C(/C(=C)OCCCC)O2.CC. The molecule has 1 unspecified atom stereocenters. The lowest BCUT2D eigenvalue weighted by molar-refractivity contribution is 0.0521. The van der Waals surface area contributed by atoms with Crippen molar-refractivity contribution >= 4 is 5.97 Å². The van der Waals surface area contributed by atoms with Gasteiger partial charge < -0.3 is 24.1 Å². The molecule has 6 heteroatoms. The second-order valence-corrected chi connectivity index (χ2v) is 7.82. The number of esters is 1. The van der Waals surface area contributed by atoms with Crippen molar-refractivity contribution in [2.24, 2.45) is 0 Å². The Labute approximate surface area is 204 Å². The number of aliphatic hydroxyl groups is 1. The molecule has 1 atom stereocenters. The minimum atomic E-state index is -0.824. The monoisotopic (exact) mass is 472 g/mol. The van der Waals surface area contributed by atoms with Gasteiger partial charge in [0, 0.05) is 11.1 Å². The molecule has 0 aliphatic carbocycles. The van der Waals surface area contributed by atoms with Crippen molar-refractivity contribution in [3.8, 4) is 11.5 Å². The van der Waals surface area contributed by atoms with Crippen LogP contribution < -0.4 is 9.47 Å². The van der Waals surface area contributed by atoms with Crippen LogP contribution in [0.4, 0.5) is 0 Å². The van der Waals surface area contributed by atoms with Crippen LogP contribution in [0, 0.1) is 0 Å². The lowest BCUT2D eigenvalue weighted by Crippen LogP contribution is -2.19. The molecule has 0 saturated carbocycles. The van der Waals surface area contributed by atoms with Crippen LogP contribution in [-0.2, 0) is 9.47 Å². The predicted octanol–water partition coefficient (Wildman–Crippen LogP) is 6.82. The fourth-order valence-corrected chi connectivity index (χ4v) is 3.33. The van der Waals surface area contributed by atoms with E-state index in [1.54, 1.807) is 18.2 Å². The molecule has 0 bridgehead atoms. The van der Waals surface area contributed by atoms with Crippen LogP contribution in [0.2, 0.25) is 0 Å². The van der Waals surface area contributed by atoms with Gasteiger partial charge in [0.2, 0.25) is 0 Å². The summed E-state index contributed by atoms with van der Waals surface area (Å²) in [4.78, 5) is 13.0. The number of fused-ring (bicyclic) bond motifs is 1. The van der Waals surface area contributed by atoms with Crippen LogP contribution in [-0.4, -0.2) is 31.4 Å². The topological polar surface area (TPSA) is 74.2 Å². The minimum Gasteiger partial charge on any atom is -0.495 e. The van der Waals surface area contributed by atoms with E-state index in [9.17, 15) is 9.90 Å². The van der Waals surface area contributed by atoms with Gasteiger partial charge in [-0.15, -0.1) is 6.58 Å². The largest absolute Gasteiger partial charge is 0.495 e. The maximum absolute atomic E-state index is 13.0. The molecule has 0 fully saturated rings. The third-order valence-electron chi connectivity index (χ3n) is 4.91. The highest BCUT2D eigenvalue weighted by Gasteiger charge is 2.30. The van der Waals surface area contributed by atoms with E-state index in [0.717, 1.165) is 18.4 Å². The smallest absolute Gasteiger partial charge is 0.346 e. The summed E-state index contributed by atoms with van der Waals surface area (Å²) in [5.74, 6) is 0.653. The van der Waals surface area contributed by atoms with Gasteiger partial charge in [0.15, 0.2) is 11.5 Å². The van der Waals surface area contributed by atoms with Gasteiger partial charge in [-0.25, -0.2) is 4.79 Å².